The van der Waals surface area contributed by atoms with Gasteiger partial charge in [-0.2, -0.15) is 8.42 Å². The van der Waals surface area contributed by atoms with Crippen molar-refractivity contribution in [2.45, 2.75) is 12.5 Å². The highest BCUT2D eigenvalue weighted by Gasteiger charge is 2.16. The van der Waals surface area contributed by atoms with Crippen LogP contribution >= 0.6 is 0 Å². The fourth-order valence-electron chi connectivity index (χ4n) is 0.884. The van der Waals surface area contributed by atoms with Crippen molar-refractivity contribution in [1.29, 1.82) is 0 Å². The monoisotopic (exact) mass is 219 g/mol. The number of rotatable bonds is 6. The van der Waals surface area contributed by atoms with Gasteiger partial charge in [-0.15, -0.1) is 6.58 Å². The summed E-state index contributed by atoms with van der Waals surface area (Å²) >= 11 is 0. The van der Waals surface area contributed by atoms with Crippen LogP contribution in [0.2, 0.25) is 0 Å². The first-order valence-electron chi connectivity index (χ1n) is 3.88. The van der Waals surface area contributed by atoms with Gasteiger partial charge in [-0.3, -0.25) is 9.35 Å². The Labute approximate surface area is 83.3 Å². The van der Waals surface area contributed by atoms with Crippen LogP contribution < -0.4 is 5.32 Å². The first kappa shape index (κ1) is 12.9. The minimum Gasteiger partial charge on any atom is -0.348 e. The lowest BCUT2D eigenvalue weighted by Crippen LogP contribution is -2.38. The summed E-state index contributed by atoms with van der Waals surface area (Å²) < 4.78 is 29.6. The molecule has 80 valence electrons. The normalized spacial score (nSPS) is 12.9. The predicted molar refractivity (Wildman–Crippen MR) is 53.4 cm³/mol. The van der Waals surface area contributed by atoms with Crippen LogP contribution in [-0.2, 0) is 14.9 Å². The highest BCUT2D eigenvalue weighted by atomic mass is 32.2. The van der Waals surface area contributed by atoms with Gasteiger partial charge in [-0.25, -0.2) is 0 Å². The Morgan fingerprint density at radius 1 is 1.50 bits per heavy atom. The first-order chi connectivity index (χ1) is 6.39. The molecule has 5 nitrogen and oxygen atoms in total. The van der Waals surface area contributed by atoms with E-state index in [1.807, 2.05) is 0 Å². The molecule has 14 heavy (non-hydrogen) atoms. The number of carbonyl (C=O) groups excluding carboxylic acids is 1. The Kier molecular flexibility index (Phi) is 5.11. The van der Waals surface area contributed by atoms with Crippen LogP contribution in [0.25, 0.3) is 0 Å². The van der Waals surface area contributed by atoms with E-state index in [2.05, 4.69) is 18.5 Å². The molecule has 0 fully saturated rings. The summed E-state index contributed by atoms with van der Waals surface area (Å²) in [7, 11) is -4.10. The summed E-state index contributed by atoms with van der Waals surface area (Å²) in [5, 5.41) is 2.36. The molecule has 0 aromatic heterocycles. The van der Waals surface area contributed by atoms with Gasteiger partial charge in [0, 0.05) is 6.04 Å². The number of amides is 1. The van der Waals surface area contributed by atoms with Crippen molar-refractivity contribution in [3.63, 3.8) is 0 Å². The van der Waals surface area contributed by atoms with Gasteiger partial charge in [0.25, 0.3) is 10.1 Å². The van der Waals surface area contributed by atoms with Crippen molar-refractivity contribution in [3.8, 4) is 0 Å². The molecule has 1 unspecified atom stereocenters. The predicted octanol–water partition coefficient (Wildman–Crippen LogP) is 0.121. The molecule has 0 radical (unpaired) electrons. The van der Waals surface area contributed by atoms with Crippen LogP contribution in [0.4, 0.5) is 0 Å². The van der Waals surface area contributed by atoms with E-state index in [0.29, 0.717) is 0 Å². The van der Waals surface area contributed by atoms with E-state index in [-0.39, 0.29) is 6.42 Å². The van der Waals surface area contributed by atoms with Gasteiger partial charge in [0.1, 0.15) is 0 Å². The van der Waals surface area contributed by atoms with E-state index >= 15 is 0 Å². The third-order valence-corrected chi connectivity index (χ3v) is 2.22. The Morgan fingerprint density at radius 2 is 2.07 bits per heavy atom. The van der Waals surface area contributed by atoms with E-state index < -0.39 is 27.8 Å². The van der Waals surface area contributed by atoms with Crippen LogP contribution in [-0.4, -0.2) is 30.7 Å². The molecular weight excluding hydrogens is 206 g/mol. The van der Waals surface area contributed by atoms with Crippen molar-refractivity contribution < 1.29 is 17.8 Å². The van der Waals surface area contributed by atoms with E-state index in [1.165, 1.54) is 6.08 Å². The lowest BCUT2D eigenvalue weighted by atomic mass is 10.2. The molecule has 2 N–H and O–H groups in total. The van der Waals surface area contributed by atoms with Crippen LogP contribution in [0.1, 0.15) is 6.42 Å². The largest absolute Gasteiger partial charge is 0.348 e. The number of hydrogen-bond acceptors (Lipinski definition) is 3. The molecule has 1 atom stereocenters. The molecule has 0 spiro atoms. The van der Waals surface area contributed by atoms with Crippen LogP contribution in [0.15, 0.2) is 25.3 Å². The van der Waals surface area contributed by atoms with Gasteiger partial charge in [-0.1, -0.05) is 12.7 Å². The summed E-state index contributed by atoms with van der Waals surface area (Å²) in [5.74, 6) is -1.01. The number of nitrogens with one attached hydrogen (secondary N) is 1. The lowest BCUT2D eigenvalue weighted by Gasteiger charge is -2.13. The maximum atomic E-state index is 10.8. The summed E-state index contributed by atoms with van der Waals surface area (Å²) in [6.07, 6.45) is 2.75. The molecule has 0 aliphatic heterocycles. The van der Waals surface area contributed by atoms with Gasteiger partial charge in [0.05, 0.1) is 5.75 Å². The zero-order valence-corrected chi connectivity index (χ0v) is 8.46. The second kappa shape index (κ2) is 5.56. The lowest BCUT2D eigenvalue weighted by molar-refractivity contribution is -0.117. The number of hydrogen-bond donors (Lipinski definition) is 2. The Hall–Kier alpha value is -1.14. The fraction of sp³-hybridized carbons (Fsp3) is 0.375. The molecule has 0 aromatic rings. The number of carbonyl (C=O) groups is 1. The van der Waals surface area contributed by atoms with Crippen molar-refractivity contribution in [2.75, 3.05) is 5.75 Å². The molecular formula is C8H13NO4S. The average Bonchev–Trinajstić information content (AvgIpc) is 2.01. The quantitative estimate of drug-likeness (QED) is 0.377. The first-order valence-corrected chi connectivity index (χ1v) is 5.49. The maximum Gasteiger partial charge on any atom is 0.266 e. The molecule has 0 saturated carbocycles. The Morgan fingerprint density at radius 3 is 2.43 bits per heavy atom. The molecule has 0 bridgehead atoms. The van der Waals surface area contributed by atoms with Crippen molar-refractivity contribution >= 4 is 16.0 Å². The Bertz CT molecular complexity index is 320. The summed E-state index contributed by atoms with van der Waals surface area (Å²) in [6.45, 7) is 6.63. The molecule has 0 saturated heterocycles. The van der Waals surface area contributed by atoms with Gasteiger partial charge < -0.3 is 5.32 Å². The standard InChI is InChI=1S/C8H13NO4S/c1-3-5-7(6-14(11,12)13)9-8(10)4-2/h3-4,7H,1-2,5-6H2,(H,9,10)(H,11,12,13). The summed E-state index contributed by atoms with van der Waals surface area (Å²) in [5.41, 5.74) is 0. The van der Waals surface area contributed by atoms with Gasteiger partial charge in [0.2, 0.25) is 5.91 Å². The molecule has 1 amide bonds. The minimum atomic E-state index is -4.10. The summed E-state index contributed by atoms with van der Waals surface area (Å²) in [6, 6.07) is -0.673. The smallest absolute Gasteiger partial charge is 0.266 e. The van der Waals surface area contributed by atoms with Crippen molar-refractivity contribution in [1.82, 2.24) is 5.32 Å². The topological polar surface area (TPSA) is 83.5 Å². The molecule has 0 rings (SSSR count). The van der Waals surface area contributed by atoms with Crippen LogP contribution in [0.3, 0.4) is 0 Å². The molecule has 0 heterocycles. The second-order valence-electron chi connectivity index (χ2n) is 2.68. The Balaban J connectivity index is 4.36. The van der Waals surface area contributed by atoms with E-state index in [1.54, 1.807) is 0 Å². The minimum absolute atomic E-state index is 0.263. The van der Waals surface area contributed by atoms with Crippen LogP contribution in [0.5, 0.6) is 0 Å². The third kappa shape index (κ3) is 6.38. The zero-order valence-electron chi connectivity index (χ0n) is 7.64. The van der Waals surface area contributed by atoms with Crippen LogP contribution in [0, 0.1) is 0 Å². The molecule has 0 aliphatic rings. The molecule has 0 aliphatic carbocycles. The average molecular weight is 219 g/mol. The fourth-order valence-corrected chi connectivity index (χ4v) is 1.61. The van der Waals surface area contributed by atoms with Gasteiger partial charge >= 0.3 is 0 Å². The van der Waals surface area contributed by atoms with Crippen molar-refractivity contribution in [3.05, 3.63) is 25.3 Å². The van der Waals surface area contributed by atoms with Crippen molar-refractivity contribution in [2.24, 2.45) is 0 Å². The zero-order chi connectivity index (χ0) is 11.2. The van der Waals surface area contributed by atoms with E-state index in [4.69, 9.17) is 4.55 Å². The summed E-state index contributed by atoms with van der Waals surface area (Å²) in [4.78, 5) is 10.8. The van der Waals surface area contributed by atoms with Gasteiger partial charge in [-0.05, 0) is 12.5 Å². The molecule has 0 aromatic carbocycles. The second-order valence-corrected chi connectivity index (χ2v) is 4.18. The SMILES string of the molecule is C=CCC(CS(=O)(=O)O)NC(=O)C=C. The maximum absolute atomic E-state index is 10.8. The van der Waals surface area contributed by atoms with E-state index in [0.717, 1.165) is 6.08 Å². The highest BCUT2D eigenvalue weighted by molar-refractivity contribution is 7.85. The van der Waals surface area contributed by atoms with E-state index in [9.17, 15) is 13.2 Å². The van der Waals surface area contributed by atoms with Gasteiger partial charge in [0.15, 0.2) is 0 Å². The molecule has 6 heteroatoms. The third-order valence-electron chi connectivity index (χ3n) is 1.39. The highest BCUT2D eigenvalue weighted by Crippen LogP contribution is 1.97.